The Hall–Kier alpha value is -1.12. The Kier molecular flexibility index (Phi) is 4.40. The zero-order valence-corrected chi connectivity index (χ0v) is 5.52. The molecule has 0 aliphatic carbocycles. The zero-order valence-electron chi connectivity index (χ0n) is 5.52. The molecule has 2 N–H and O–H groups in total. The fourth-order valence-electron chi connectivity index (χ4n) is 0.429. The highest BCUT2D eigenvalue weighted by Crippen LogP contribution is 1.76. The van der Waals surface area contributed by atoms with Crippen molar-refractivity contribution >= 4 is 12.1 Å². The summed E-state index contributed by atoms with van der Waals surface area (Å²) in [5.74, 6) is 0.764. The van der Waals surface area contributed by atoms with E-state index in [4.69, 9.17) is 5.41 Å². The number of nitrogens with zero attached hydrogens (tertiary/aromatic N) is 1. The first kappa shape index (κ1) is 7.88. The summed E-state index contributed by atoms with van der Waals surface area (Å²) in [7, 11) is 1.68. The van der Waals surface area contributed by atoms with E-state index in [1.165, 1.54) is 6.21 Å². The minimum atomic E-state index is 0.544. The summed E-state index contributed by atoms with van der Waals surface area (Å²) in [4.78, 5) is 3.85. The van der Waals surface area contributed by atoms with E-state index in [0.29, 0.717) is 6.42 Å². The van der Waals surface area contributed by atoms with Crippen LogP contribution in [0, 0.1) is 5.41 Å². The highest BCUT2D eigenvalue weighted by molar-refractivity contribution is 5.93. The molecule has 0 aromatic rings. The van der Waals surface area contributed by atoms with Gasteiger partial charge in [0.2, 0.25) is 0 Å². The molecular weight excluding hydrogens is 114 g/mol. The fraction of sp³-hybridized carbons (Fsp3) is 0.333. The molecule has 0 spiro atoms. The van der Waals surface area contributed by atoms with Crippen molar-refractivity contribution in [2.45, 2.75) is 6.42 Å². The van der Waals surface area contributed by atoms with Gasteiger partial charge in [-0.2, -0.15) is 0 Å². The molecule has 0 bridgehead atoms. The molecule has 0 aliphatic rings. The Morgan fingerprint density at radius 2 is 2.56 bits per heavy atom. The summed E-state index contributed by atoms with van der Waals surface area (Å²) >= 11 is 0. The molecule has 9 heavy (non-hydrogen) atoms. The van der Waals surface area contributed by atoms with Crippen molar-refractivity contribution in [3.05, 3.63) is 12.8 Å². The molecule has 0 unspecified atom stereocenters. The van der Waals surface area contributed by atoms with E-state index in [9.17, 15) is 0 Å². The average molecular weight is 125 g/mol. The molecule has 0 aliphatic heterocycles. The lowest BCUT2D eigenvalue weighted by molar-refractivity contribution is 1.19. The van der Waals surface area contributed by atoms with Gasteiger partial charge in [-0.15, -0.1) is 0 Å². The maximum atomic E-state index is 6.73. The first-order chi connectivity index (χ1) is 4.35. The molecule has 0 saturated heterocycles. The molecule has 0 radical (unpaired) electrons. The lowest BCUT2D eigenvalue weighted by Gasteiger charge is -1.98. The Morgan fingerprint density at radius 3 is 2.89 bits per heavy atom. The van der Waals surface area contributed by atoms with E-state index < -0.39 is 0 Å². The lowest BCUT2D eigenvalue weighted by Crippen LogP contribution is -2.16. The van der Waals surface area contributed by atoms with Gasteiger partial charge in [0.15, 0.2) is 0 Å². The second-order valence-electron chi connectivity index (χ2n) is 1.43. The van der Waals surface area contributed by atoms with Crippen LogP contribution in [0.1, 0.15) is 6.42 Å². The number of hydrogen-bond donors (Lipinski definition) is 2. The fourth-order valence-corrected chi connectivity index (χ4v) is 0.429. The molecule has 3 nitrogen and oxygen atoms in total. The van der Waals surface area contributed by atoms with Crippen molar-refractivity contribution in [3.63, 3.8) is 0 Å². The highest BCUT2D eigenvalue weighted by atomic mass is 15.0. The van der Waals surface area contributed by atoms with E-state index in [-0.39, 0.29) is 0 Å². The molecule has 0 saturated carbocycles. The van der Waals surface area contributed by atoms with E-state index in [0.717, 1.165) is 5.84 Å². The maximum Gasteiger partial charge on any atom is 0.105 e. The van der Waals surface area contributed by atoms with E-state index >= 15 is 0 Å². The van der Waals surface area contributed by atoms with E-state index in [1.807, 2.05) is 0 Å². The average Bonchev–Trinajstić information content (AvgIpc) is 1.88. The van der Waals surface area contributed by atoms with Gasteiger partial charge in [0.05, 0.1) is 0 Å². The van der Waals surface area contributed by atoms with Crippen molar-refractivity contribution in [3.8, 4) is 0 Å². The smallest absolute Gasteiger partial charge is 0.105 e. The first-order valence-corrected chi connectivity index (χ1v) is 2.67. The lowest BCUT2D eigenvalue weighted by atomic mass is 10.4. The standard InChI is InChI=1S/C6H11N3/c1-3-9-6(8-2)4-5-7/h3,5,7H,1,4H2,2H3,(H,8,9). The minimum absolute atomic E-state index is 0.544. The molecule has 50 valence electrons. The van der Waals surface area contributed by atoms with Crippen LogP contribution in [0.5, 0.6) is 0 Å². The molecule has 0 amide bonds. The van der Waals surface area contributed by atoms with Gasteiger partial charge in [-0.05, 0) is 6.20 Å². The van der Waals surface area contributed by atoms with Crippen LogP contribution in [0.3, 0.4) is 0 Å². The van der Waals surface area contributed by atoms with Gasteiger partial charge < -0.3 is 10.7 Å². The van der Waals surface area contributed by atoms with Crippen molar-refractivity contribution < 1.29 is 0 Å². The van der Waals surface area contributed by atoms with E-state index in [1.54, 1.807) is 13.2 Å². The summed E-state index contributed by atoms with van der Waals surface area (Å²) in [6, 6.07) is 0. The van der Waals surface area contributed by atoms with Gasteiger partial charge in [-0.25, -0.2) is 0 Å². The molecular formula is C6H11N3. The van der Waals surface area contributed by atoms with Crippen LogP contribution >= 0.6 is 0 Å². The van der Waals surface area contributed by atoms with Crippen LogP contribution in [-0.4, -0.2) is 19.1 Å². The molecule has 0 fully saturated rings. The summed E-state index contributed by atoms with van der Waals surface area (Å²) in [6.07, 6.45) is 3.38. The van der Waals surface area contributed by atoms with Gasteiger partial charge in [-0.1, -0.05) is 6.58 Å². The third kappa shape index (κ3) is 3.46. The topological polar surface area (TPSA) is 48.2 Å². The number of hydrogen-bond acceptors (Lipinski definition) is 2. The Labute approximate surface area is 55.0 Å². The van der Waals surface area contributed by atoms with Crippen molar-refractivity contribution in [2.24, 2.45) is 4.99 Å². The third-order valence-electron chi connectivity index (χ3n) is 0.834. The monoisotopic (exact) mass is 125 g/mol. The Bertz CT molecular complexity index is 114. The predicted molar refractivity (Wildman–Crippen MR) is 40.1 cm³/mol. The number of amidine groups is 1. The molecule has 0 rings (SSSR count). The van der Waals surface area contributed by atoms with Gasteiger partial charge in [0.1, 0.15) is 5.84 Å². The molecule has 3 heteroatoms. The second kappa shape index (κ2) is 5.03. The van der Waals surface area contributed by atoms with Gasteiger partial charge in [-0.3, -0.25) is 4.99 Å². The summed E-state index contributed by atoms with van der Waals surface area (Å²) in [6.45, 7) is 3.46. The van der Waals surface area contributed by atoms with Gasteiger partial charge in [0.25, 0.3) is 0 Å². The van der Waals surface area contributed by atoms with E-state index in [2.05, 4.69) is 16.9 Å². The van der Waals surface area contributed by atoms with Crippen molar-refractivity contribution in [2.75, 3.05) is 7.05 Å². The normalized spacial score (nSPS) is 10.6. The third-order valence-corrected chi connectivity index (χ3v) is 0.834. The maximum absolute atomic E-state index is 6.73. The van der Waals surface area contributed by atoms with Crippen LogP contribution < -0.4 is 5.32 Å². The number of nitrogens with one attached hydrogen (secondary N) is 2. The van der Waals surface area contributed by atoms with Crippen molar-refractivity contribution in [1.82, 2.24) is 5.32 Å². The summed E-state index contributed by atoms with van der Waals surface area (Å²) in [5, 5.41) is 9.53. The van der Waals surface area contributed by atoms with Crippen LogP contribution in [0.25, 0.3) is 0 Å². The molecule has 0 aromatic carbocycles. The zero-order chi connectivity index (χ0) is 7.11. The Morgan fingerprint density at radius 1 is 1.89 bits per heavy atom. The minimum Gasteiger partial charge on any atom is -0.351 e. The molecule has 0 atom stereocenters. The predicted octanol–water partition coefficient (Wildman–Crippen LogP) is 0.787. The molecule has 0 heterocycles. The summed E-state index contributed by atoms with van der Waals surface area (Å²) < 4.78 is 0. The van der Waals surface area contributed by atoms with Crippen LogP contribution in [-0.2, 0) is 0 Å². The SMILES string of the molecule is C=CNC(CC=N)=NC. The largest absolute Gasteiger partial charge is 0.351 e. The number of aliphatic imine (C=N–C) groups is 1. The highest BCUT2D eigenvalue weighted by Gasteiger charge is 1.87. The van der Waals surface area contributed by atoms with Crippen LogP contribution in [0.2, 0.25) is 0 Å². The van der Waals surface area contributed by atoms with Crippen LogP contribution in [0.4, 0.5) is 0 Å². The second-order valence-corrected chi connectivity index (χ2v) is 1.43. The molecule has 0 aromatic heterocycles. The Balaban J connectivity index is 3.68. The quantitative estimate of drug-likeness (QED) is 0.425. The number of rotatable bonds is 3. The van der Waals surface area contributed by atoms with Crippen LogP contribution in [0.15, 0.2) is 17.8 Å². The van der Waals surface area contributed by atoms with Gasteiger partial charge in [0, 0.05) is 19.7 Å². The van der Waals surface area contributed by atoms with Crippen molar-refractivity contribution in [1.29, 1.82) is 5.41 Å². The summed E-state index contributed by atoms with van der Waals surface area (Å²) in [5.41, 5.74) is 0. The van der Waals surface area contributed by atoms with Gasteiger partial charge >= 0.3 is 0 Å². The first-order valence-electron chi connectivity index (χ1n) is 2.67.